The number of halogens is 2. The van der Waals surface area contributed by atoms with Gasteiger partial charge in [0, 0.05) is 18.5 Å². The number of carbonyl (C=O) groups excluding carboxylic acids is 1. The lowest BCUT2D eigenvalue weighted by Crippen LogP contribution is -2.44. The normalized spacial score (nSPS) is 20.9. The number of ether oxygens (including phenoxy) is 9. The van der Waals surface area contributed by atoms with Gasteiger partial charge >= 0.3 is 5.97 Å². The fourth-order valence-corrected chi connectivity index (χ4v) is 11.2. The largest absolute Gasteiger partial charge is 0.508 e. The highest BCUT2D eigenvalue weighted by Crippen LogP contribution is 2.26. The molecule has 0 radical (unpaired) electrons. The second-order valence-electron chi connectivity index (χ2n) is 21.2. The van der Waals surface area contributed by atoms with Crippen molar-refractivity contribution in [3.63, 3.8) is 0 Å². The molecule has 3 atom stereocenters. The monoisotopic (exact) mass is 1130 g/mol. The van der Waals surface area contributed by atoms with Crippen LogP contribution in [0.4, 0.5) is 8.78 Å². The molecule has 76 heavy (non-hydrogen) atoms. The maximum Gasteiger partial charge on any atom is 0.306 e. The summed E-state index contributed by atoms with van der Waals surface area (Å²) in [5.41, 5.74) is 4.19. The highest BCUT2D eigenvalue weighted by Gasteiger charge is 2.34. The Hall–Kier alpha value is -4.56. The van der Waals surface area contributed by atoms with E-state index < -0.39 is 70.6 Å². The molecule has 0 aliphatic carbocycles. The number of aromatic hydroxyl groups is 1. The molecular formula is C53H75F2NO17S3. The van der Waals surface area contributed by atoms with Crippen LogP contribution in [0.3, 0.4) is 0 Å². The quantitative estimate of drug-likeness (QED) is 0.113. The minimum atomic E-state index is -3.57. The summed E-state index contributed by atoms with van der Waals surface area (Å²) in [7, 11) is -10.5. The Balaban J connectivity index is 0.000000254. The molecule has 3 unspecified atom stereocenters. The molecule has 3 saturated heterocycles. The van der Waals surface area contributed by atoms with Crippen LogP contribution in [0.5, 0.6) is 17.2 Å². The first-order chi connectivity index (χ1) is 35.3. The van der Waals surface area contributed by atoms with Crippen LogP contribution in [0.1, 0.15) is 75.2 Å². The summed E-state index contributed by atoms with van der Waals surface area (Å²) < 4.78 is 150. The molecule has 3 heterocycles. The number of hydrogen-bond donors (Lipinski definition) is 2. The SMILES string of the molecule is CC(C)(C)OC(=O)CC/C(=C\F)COc1ccc(S(=O)(=O)CC2COC(C)(C)CO2)cc1.CC1(C)COC(CS(=O)(=O)c2ccc(O)cc2)CO1.CC1(C)COC(CS(=O)(=O)c2ccc(OC/C(=C/F)CN)cc2)CO1. The lowest BCUT2D eigenvalue weighted by atomic mass is 10.1. The molecule has 3 aromatic carbocycles. The number of phenolic OH excluding ortho intramolecular Hbond substituents is 1. The first-order valence-electron chi connectivity index (χ1n) is 24.5. The molecule has 3 N–H and O–H groups in total. The molecular weight excluding hydrogens is 1060 g/mol. The third-order valence-electron chi connectivity index (χ3n) is 11.2. The molecule has 426 valence electrons. The molecule has 18 nitrogen and oxygen atoms in total. The summed E-state index contributed by atoms with van der Waals surface area (Å²) in [6.07, 6.45) is -0.437. The van der Waals surface area contributed by atoms with E-state index in [9.17, 15) is 38.8 Å². The van der Waals surface area contributed by atoms with E-state index in [1.165, 1.54) is 72.8 Å². The van der Waals surface area contributed by atoms with Crippen LogP contribution < -0.4 is 15.2 Å². The van der Waals surface area contributed by atoms with E-state index in [1.807, 2.05) is 41.5 Å². The number of sulfone groups is 3. The number of phenols is 1. The number of rotatable bonds is 19. The number of benzene rings is 3. The van der Waals surface area contributed by atoms with Gasteiger partial charge in [-0.25, -0.2) is 34.0 Å². The second-order valence-corrected chi connectivity index (χ2v) is 27.3. The predicted octanol–water partition coefficient (Wildman–Crippen LogP) is 7.21. The van der Waals surface area contributed by atoms with Crippen LogP contribution in [-0.4, -0.2) is 154 Å². The smallest absolute Gasteiger partial charge is 0.306 e. The Labute approximate surface area is 446 Å². The molecule has 3 aromatic rings. The standard InChI is InChI=1S/C23H33FO7S.C17H24FNO5S.C13H18O5S/c1-22(2,3)31-21(25)11-6-17(12-24)13-28-18-7-9-20(10-8-18)32(26,27)15-19-14-30-23(4,5)16-29-19;1-17(2)12-23-15(10-24-17)11-25(20,21)16-5-3-14(4-6-16)22-9-13(7-18)8-19;1-13(2)9-17-11(7-18-13)8-19(15,16)12-5-3-10(14)4-6-12/h7-10,12,19H,6,11,13-16H2,1-5H3;3-7,15H,8-12,19H2,1-2H3;3-6,11,14H,7-9H2,1-2H3/b17-12+;13-7+;. The van der Waals surface area contributed by atoms with Gasteiger partial charge in [0.05, 0.1) is 119 Å². The summed E-state index contributed by atoms with van der Waals surface area (Å²) in [6, 6.07) is 17.4. The Morgan fingerprint density at radius 2 is 0.921 bits per heavy atom. The zero-order valence-electron chi connectivity index (χ0n) is 44.8. The van der Waals surface area contributed by atoms with Crippen molar-refractivity contribution >= 4 is 35.5 Å². The van der Waals surface area contributed by atoms with Crippen molar-refractivity contribution in [3.8, 4) is 17.2 Å². The van der Waals surface area contributed by atoms with E-state index in [4.69, 9.17) is 53.5 Å². The van der Waals surface area contributed by atoms with Crippen molar-refractivity contribution in [3.05, 3.63) is 96.6 Å². The average molecular weight is 1130 g/mol. The highest BCUT2D eigenvalue weighted by atomic mass is 32.2. The molecule has 3 aliphatic rings. The molecule has 0 spiro atoms. The van der Waals surface area contributed by atoms with E-state index in [2.05, 4.69) is 0 Å². The summed E-state index contributed by atoms with van der Waals surface area (Å²) in [5, 5.41) is 9.16. The van der Waals surface area contributed by atoms with Crippen molar-refractivity contribution in [1.82, 2.24) is 0 Å². The third kappa shape index (κ3) is 22.4. The van der Waals surface area contributed by atoms with Gasteiger partial charge in [-0.15, -0.1) is 0 Å². The van der Waals surface area contributed by atoms with Crippen molar-refractivity contribution in [2.75, 3.05) is 76.7 Å². The van der Waals surface area contributed by atoms with Crippen LogP contribution in [0.25, 0.3) is 0 Å². The van der Waals surface area contributed by atoms with Crippen LogP contribution in [0, 0.1) is 0 Å². The molecule has 3 fully saturated rings. The van der Waals surface area contributed by atoms with Crippen molar-refractivity contribution < 1.29 is 86.6 Å². The topological polar surface area (TPSA) is 249 Å². The van der Waals surface area contributed by atoms with Gasteiger partial charge in [-0.3, -0.25) is 4.79 Å². The van der Waals surface area contributed by atoms with Gasteiger partial charge in [-0.1, -0.05) is 0 Å². The number of hydrogen-bond acceptors (Lipinski definition) is 18. The third-order valence-corrected chi connectivity index (χ3v) is 16.6. The van der Waals surface area contributed by atoms with Crippen molar-refractivity contribution in [2.45, 2.75) is 131 Å². The summed E-state index contributed by atoms with van der Waals surface area (Å²) >= 11 is 0. The molecule has 0 bridgehead atoms. The fraction of sp³-hybridized carbons (Fsp3) is 0.566. The lowest BCUT2D eigenvalue weighted by molar-refractivity contribution is -0.168. The first kappa shape index (κ1) is 64.0. The van der Waals surface area contributed by atoms with E-state index >= 15 is 0 Å². The van der Waals surface area contributed by atoms with Gasteiger partial charge in [0.2, 0.25) is 0 Å². The van der Waals surface area contributed by atoms with Gasteiger partial charge in [0.1, 0.15) is 36.1 Å². The Morgan fingerprint density at radius 1 is 0.592 bits per heavy atom. The summed E-state index contributed by atoms with van der Waals surface area (Å²) in [6.45, 7) is 18.5. The second kappa shape index (κ2) is 27.8. The fourth-order valence-electron chi connectivity index (χ4n) is 6.93. The Morgan fingerprint density at radius 3 is 1.21 bits per heavy atom. The Kier molecular flexibility index (Phi) is 23.4. The molecule has 0 amide bonds. The minimum absolute atomic E-state index is 0.0160. The highest BCUT2D eigenvalue weighted by molar-refractivity contribution is 7.92. The van der Waals surface area contributed by atoms with Gasteiger partial charge in [0.15, 0.2) is 29.5 Å². The predicted molar refractivity (Wildman–Crippen MR) is 280 cm³/mol. The van der Waals surface area contributed by atoms with E-state index in [1.54, 1.807) is 20.8 Å². The van der Waals surface area contributed by atoms with Gasteiger partial charge in [0.25, 0.3) is 0 Å². The van der Waals surface area contributed by atoms with Gasteiger partial charge in [-0.2, -0.15) is 0 Å². The van der Waals surface area contributed by atoms with Crippen LogP contribution in [0.2, 0.25) is 0 Å². The number of nitrogens with two attached hydrogens (primary N) is 1. The van der Waals surface area contributed by atoms with Crippen molar-refractivity contribution in [2.24, 2.45) is 5.73 Å². The zero-order valence-corrected chi connectivity index (χ0v) is 47.2. The molecule has 6 rings (SSSR count). The summed E-state index contributed by atoms with van der Waals surface area (Å²) in [5.74, 6) is 0.00689. The van der Waals surface area contributed by atoms with Gasteiger partial charge < -0.3 is 53.5 Å². The van der Waals surface area contributed by atoms with E-state index in [0.29, 0.717) is 55.1 Å². The van der Waals surface area contributed by atoms with Crippen LogP contribution in [0.15, 0.2) is 111 Å². The maximum absolute atomic E-state index is 13.1. The number of carbonyl (C=O) groups is 1. The lowest BCUT2D eigenvalue weighted by Gasteiger charge is -2.34. The molecule has 0 saturated carbocycles. The number of esters is 1. The Bertz CT molecular complexity index is 2690. The van der Waals surface area contributed by atoms with Crippen LogP contribution in [-0.2, 0) is 67.5 Å². The maximum atomic E-state index is 13.1. The van der Waals surface area contributed by atoms with Crippen LogP contribution >= 0.6 is 0 Å². The first-order valence-corrected chi connectivity index (χ1v) is 29.5. The molecule has 0 aromatic heterocycles. The average Bonchev–Trinajstić information content (AvgIpc) is 3.34. The molecule has 23 heteroatoms. The van der Waals surface area contributed by atoms with E-state index in [-0.39, 0.29) is 95.7 Å². The minimum Gasteiger partial charge on any atom is -0.508 e. The van der Waals surface area contributed by atoms with E-state index in [0.717, 1.165) is 0 Å². The summed E-state index contributed by atoms with van der Waals surface area (Å²) in [4.78, 5) is 12.3. The van der Waals surface area contributed by atoms with Crippen molar-refractivity contribution in [1.29, 1.82) is 0 Å². The molecule has 3 aliphatic heterocycles. The zero-order chi connectivity index (χ0) is 56.6. The van der Waals surface area contributed by atoms with Gasteiger partial charge in [-0.05, 0) is 147 Å².